The van der Waals surface area contributed by atoms with Crippen LogP contribution < -0.4 is 5.32 Å². The second-order valence-electron chi connectivity index (χ2n) is 6.48. The molecular formula is C19H22N2O4. The first kappa shape index (κ1) is 17.2. The van der Waals surface area contributed by atoms with Crippen LogP contribution in [-0.2, 0) is 16.0 Å². The maximum atomic E-state index is 12.0. The van der Waals surface area contributed by atoms with Crippen molar-refractivity contribution in [2.45, 2.75) is 44.6 Å². The highest BCUT2D eigenvalue weighted by molar-refractivity contribution is 5.83. The van der Waals surface area contributed by atoms with Gasteiger partial charge in [-0.3, -0.25) is 4.79 Å². The Bertz CT molecular complexity index is 722. The third kappa shape index (κ3) is 5.17. The molecule has 0 aliphatic heterocycles. The Labute approximate surface area is 146 Å². The molecular weight excluding hydrogens is 320 g/mol. The minimum Gasteiger partial charge on any atom is -0.480 e. The molecule has 1 heterocycles. The van der Waals surface area contributed by atoms with Gasteiger partial charge in [0.2, 0.25) is 5.91 Å². The lowest BCUT2D eigenvalue weighted by atomic mass is 10.1. The van der Waals surface area contributed by atoms with Crippen LogP contribution >= 0.6 is 0 Å². The second kappa shape index (κ2) is 7.96. The zero-order valence-corrected chi connectivity index (χ0v) is 14.0. The zero-order valence-electron chi connectivity index (χ0n) is 14.0. The summed E-state index contributed by atoms with van der Waals surface area (Å²) in [6.45, 7) is 0. The van der Waals surface area contributed by atoms with E-state index in [2.05, 4.69) is 10.3 Å². The van der Waals surface area contributed by atoms with Gasteiger partial charge >= 0.3 is 5.97 Å². The average Bonchev–Trinajstić information content (AvgIpc) is 3.30. The Morgan fingerprint density at radius 1 is 1.28 bits per heavy atom. The van der Waals surface area contributed by atoms with Crippen molar-refractivity contribution in [2.75, 3.05) is 0 Å². The predicted octanol–water partition coefficient (Wildman–Crippen LogP) is 3.03. The molecule has 132 valence electrons. The number of aliphatic carboxylic acids is 1. The molecule has 2 N–H and O–H groups in total. The highest BCUT2D eigenvalue weighted by atomic mass is 16.4. The highest BCUT2D eigenvalue weighted by Gasteiger charge is 2.30. The van der Waals surface area contributed by atoms with Crippen molar-refractivity contribution in [3.05, 3.63) is 42.4 Å². The van der Waals surface area contributed by atoms with Crippen LogP contribution in [0.3, 0.4) is 0 Å². The number of carbonyl (C=O) groups excluding carboxylic acids is 1. The lowest BCUT2D eigenvalue weighted by Crippen LogP contribution is -2.41. The highest BCUT2D eigenvalue weighted by Crippen LogP contribution is 2.33. The normalized spacial score (nSPS) is 14.9. The number of oxazole rings is 1. The summed E-state index contributed by atoms with van der Waals surface area (Å²) in [5.41, 5.74) is 0.961. The van der Waals surface area contributed by atoms with E-state index in [1.54, 1.807) is 6.20 Å². The first-order chi connectivity index (χ1) is 12.1. The van der Waals surface area contributed by atoms with Gasteiger partial charge in [0.05, 0.1) is 6.20 Å². The van der Waals surface area contributed by atoms with Gasteiger partial charge in [-0.1, -0.05) is 43.2 Å². The second-order valence-corrected chi connectivity index (χ2v) is 6.48. The van der Waals surface area contributed by atoms with Crippen molar-refractivity contribution in [1.82, 2.24) is 10.3 Å². The summed E-state index contributed by atoms with van der Waals surface area (Å²) in [7, 11) is 0. The van der Waals surface area contributed by atoms with Gasteiger partial charge in [0.15, 0.2) is 11.7 Å². The van der Waals surface area contributed by atoms with Crippen molar-refractivity contribution < 1.29 is 19.1 Å². The molecule has 1 amide bonds. The van der Waals surface area contributed by atoms with Gasteiger partial charge in [0, 0.05) is 18.4 Å². The van der Waals surface area contributed by atoms with E-state index in [0.717, 1.165) is 18.4 Å². The van der Waals surface area contributed by atoms with E-state index in [1.807, 2.05) is 30.3 Å². The molecule has 0 bridgehead atoms. The molecule has 1 aliphatic carbocycles. The van der Waals surface area contributed by atoms with Gasteiger partial charge in [-0.15, -0.1) is 0 Å². The van der Waals surface area contributed by atoms with Crippen LogP contribution in [0.2, 0.25) is 0 Å². The number of carboxylic acids is 1. The molecule has 1 fully saturated rings. The predicted molar refractivity (Wildman–Crippen MR) is 91.8 cm³/mol. The van der Waals surface area contributed by atoms with E-state index in [0.29, 0.717) is 36.8 Å². The average molecular weight is 342 g/mol. The lowest BCUT2D eigenvalue weighted by molar-refractivity contribution is -0.142. The number of aryl methyl sites for hydroxylation is 1. The van der Waals surface area contributed by atoms with Crippen molar-refractivity contribution in [3.8, 4) is 11.3 Å². The number of rotatable bonds is 9. The Hall–Kier alpha value is -2.63. The van der Waals surface area contributed by atoms with E-state index in [9.17, 15) is 14.7 Å². The molecule has 2 aromatic rings. The molecule has 6 nitrogen and oxygen atoms in total. The number of hydrogen-bond donors (Lipinski definition) is 2. The van der Waals surface area contributed by atoms with Gasteiger partial charge in [-0.05, 0) is 18.8 Å². The molecule has 0 spiro atoms. The summed E-state index contributed by atoms with van der Waals surface area (Å²) in [4.78, 5) is 27.4. The van der Waals surface area contributed by atoms with Crippen LogP contribution in [0.5, 0.6) is 0 Å². The Morgan fingerprint density at radius 3 is 2.72 bits per heavy atom. The van der Waals surface area contributed by atoms with Gasteiger partial charge < -0.3 is 14.8 Å². The molecule has 0 radical (unpaired) electrons. The molecule has 25 heavy (non-hydrogen) atoms. The standard InChI is InChI=1S/C19H22N2O4/c22-17(21-15(19(23)24)11-13-9-10-13)7-4-8-18-20-12-16(25-18)14-5-2-1-3-6-14/h1-3,5-6,12-13,15H,4,7-11H2,(H,21,22)(H,23,24). The van der Waals surface area contributed by atoms with E-state index < -0.39 is 12.0 Å². The van der Waals surface area contributed by atoms with E-state index in [-0.39, 0.29) is 12.3 Å². The summed E-state index contributed by atoms with van der Waals surface area (Å²) in [6.07, 6.45) is 5.71. The molecule has 1 atom stereocenters. The number of nitrogens with one attached hydrogen (secondary N) is 1. The van der Waals surface area contributed by atoms with Crippen LogP contribution in [-0.4, -0.2) is 28.0 Å². The molecule has 3 rings (SSSR count). The van der Waals surface area contributed by atoms with Crippen LogP contribution in [0.15, 0.2) is 40.9 Å². The molecule has 0 saturated heterocycles. The molecule has 1 aliphatic rings. The van der Waals surface area contributed by atoms with Crippen LogP contribution in [0.4, 0.5) is 0 Å². The minimum atomic E-state index is -0.958. The van der Waals surface area contributed by atoms with E-state index in [1.165, 1.54) is 0 Å². The number of carboxylic acid groups (broad SMARTS) is 1. The fraction of sp³-hybridized carbons (Fsp3) is 0.421. The van der Waals surface area contributed by atoms with Gasteiger partial charge in [0.25, 0.3) is 0 Å². The van der Waals surface area contributed by atoms with Gasteiger partial charge in [0.1, 0.15) is 6.04 Å². The van der Waals surface area contributed by atoms with Crippen molar-refractivity contribution >= 4 is 11.9 Å². The summed E-state index contributed by atoms with van der Waals surface area (Å²) in [5.74, 6) is 0.545. The number of amides is 1. The van der Waals surface area contributed by atoms with Crippen LogP contribution in [0, 0.1) is 5.92 Å². The Balaban J connectivity index is 1.43. The zero-order chi connectivity index (χ0) is 17.6. The lowest BCUT2D eigenvalue weighted by Gasteiger charge is -2.13. The van der Waals surface area contributed by atoms with Gasteiger partial charge in [-0.25, -0.2) is 9.78 Å². The topological polar surface area (TPSA) is 92.4 Å². The van der Waals surface area contributed by atoms with Crippen molar-refractivity contribution in [2.24, 2.45) is 5.92 Å². The van der Waals surface area contributed by atoms with Crippen LogP contribution in [0.25, 0.3) is 11.3 Å². The maximum Gasteiger partial charge on any atom is 0.326 e. The summed E-state index contributed by atoms with van der Waals surface area (Å²) >= 11 is 0. The van der Waals surface area contributed by atoms with Crippen LogP contribution in [0.1, 0.15) is 38.0 Å². The third-order valence-electron chi connectivity index (χ3n) is 4.31. The smallest absolute Gasteiger partial charge is 0.326 e. The number of carbonyl (C=O) groups is 2. The number of aromatic nitrogens is 1. The molecule has 1 aromatic carbocycles. The summed E-state index contributed by atoms with van der Waals surface area (Å²) in [5, 5.41) is 11.8. The first-order valence-electron chi connectivity index (χ1n) is 8.64. The minimum absolute atomic E-state index is 0.233. The number of hydrogen-bond acceptors (Lipinski definition) is 4. The van der Waals surface area contributed by atoms with Crippen molar-refractivity contribution in [1.29, 1.82) is 0 Å². The fourth-order valence-electron chi connectivity index (χ4n) is 2.74. The molecule has 1 aromatic heterocycles. The van der Waals surface area contributed by atoms with Crippen molar-refractivity contribution in [3.63, 3.8) is 0 Å². The Morgan fingerprint density at radius 2 is 2.04 bits per heavy atom. The molecule has 1 unspecified atom stereocenters. The Kier molecular flexibility index (Phi) is 5.48. The molecule has 1 saturated carbocycles. The first-order valence-corrected chi connectivity index (χ1v) is 8.64. The van der Waals surface area contributed by atoms with E-state index >= 15 is 0 Å². The largest absolute Gasteiger partial charge is 0.480 e. The quantitative estimate of drug-likeness (QED) is 0.731. The monoisotopic (exact) mass is 342 g/mol. The van der Waals surface area contributed by atoms with Gasteiger partial charge in [-0.2, -0.15) is 0 Å². The maximum absolute atomic E-state index is 12.0. The molecule has 6 heteroatoms. The number of benzene rings is 1. The number of nitrogens with zero attached hydrogens (tertiary/aromatic N) is 1. The fourth-order valence-corrected chi connectivity index (χ4v) is 2.74. The summed E-state index contributed by atoms with van der Waals surface area (Å²) < 4.78 is 5.69. The van der Waals surface area contributed by atoms with E-state index in [4.69, 9.17) is 4.42 Å². The SMILES string of the molecule is O=C(CCCc1ncc(-c2ccccc2)o1)NC(CC1CC1)C(=O)O. The third-order valence-corrected chi connectivity index (χ3v) is 4.31. The summed E-state index contributed by atoms with van der Waals surface area (Å²) in [6, 6.07) is 8.93.